The van der Waals surface area contributed by atoms with Gasteiger partial charge in [0.2, 0.25) is 5.89 Å². The molecule has 1 N–H and O–H groups in total. The molecule has 18 heavy (non-hydrogen) atoms. The van der Waals surface area contributed by atoms with Crippen molar-refractivity contribution in [2.24, 2.45) is 5.92 Å². The topological polar surface area (TPSA) is 104 Å². The summed E-state index contributed by atoms with van der Waals surface area (Å²) in [5.41, 5.74) is 0.0623. The lowest BCUT2D eigenvalue weighted by atomic mass is 10.0. The smallest absolute Gasteiger partial charge is 0.277 e. The van der Waals surface area contributed by atoms with Gasteiger partial charge in [0.1, 0.15) is 5.92 Å². The van der Waals surface area contributed by atoms with Crippen LogP contribution in [-0.4, -0.2) is 27.4 Å². The summed E-state index contributed by atoms with van der Waals surface area (Å²) in [5.74, 6) is -0.187. The molecule has 0 radical (unpaired) electrons. The number of nitriles is 1. The van der Waals surface area contributed by atoms with Crippen molar-refractivity contribution in [1.29, 1.82) is 10.7 Å². The maximum absolute atomic E-state index is 11.7. The van der Waals surface area contributed by atoms with Crippen LogP contribution in [0.5, 0.6) is 0 Å². The molecule has 1 atom stereocenters. The molecule has 0 aromatic carbocycles. The fourth-order valence-electron chi connectivity index (χ4n) is 1.40. The predicted octanol–water partition coefficient (Wildman–Crippen LogP) is 1.79. The van der Waals surface area contributed by atoms with Crippen LogP contribution in [0, 0.1) is 22.7 Å². The van der Waals surface area contributed by atoms with E-state index in [0.717, 1.165) is 24.6 Å². The molecule has 0 saturated heterocycles. The Kier molecular flexibility index (Phi) is 3.77. The Balaban J connectivity index is 1.88. The number of carbonyl (C=O) groups is 1. The molecule has 94 valence electrons. The average Bonchev–Trinajstić information content (AvgIpc) is 3.07. The molecule has 0 bridgehead atoms. The van der Waals surface area contributed by atoms with E-state index in [2.05, 4.69) is 10.2 Å². The van der Waals surface area contributed by atoms with E-state index in [9.17, 15) is 4.79 Å². The minimum absolute atomic E-state index is 0.0623. The van der Waals surface area contributed by atoms with E-state index in [1.54, 1.807) is 0 Å². The van der Waals surface area contributed by atoms with Crippen LogP contribution < -0.4 is 0 Å². The number of carbonyl (C=O) groups excluding carboxylic acids is 1. The first-order valence-electron chi connectivity index (χ1n) is 5.55. The highest BCUT2D eigenvalue weighted by atomic mass is 32.2. The molecule has 1 unspecified atom stereocenters. The molecule has 1 heterocycles. The van der Waals surface area contributed by atoms with Crippen LogP contribution in [0.1, 0.15) is 31.6 Å². The second-order valence-corrected chi connectivity index (χ2v) is 5.11. The lowest BCUT2D eigenvalue weighted by Gasteiger charge is -2.03. The SMILES string of the molecule is CC(=N)C(C#N)C(=O)CSc1nnc(C2CC2)o1. The third-order valence-corrected chi connectivity index (χ3v) is 3.41. The molecular weight excluding hydrogens is 252 g/mol. The molecule has 0 spiro atoms. The van der Waals surface area contributed by atoms with E-state index in [1.807, 2.05) is 6.07 Å². The molecule has 1 aromatic heterocycles. The van der Waals surface area contributed by atoms with Crippen LogP contribution in [0.4, 0.5) is 0 Å². The lowest BCUT2D eigenvalue weighted by molar-refractivity contribution is -0.117. The van der Waals surface area contributed by atoms with E-state index >= 15 is 0 Å². The van der Waals surface area contributed by atoms with Crippen LogP contribution in [0.15, 0.2) is 9.64 Å². The molecule has 7 heteroatoms. The Hall–Kier alpha value is -1.68. The normalized spacial score (nSPS) is 16.0. The fourth-order valence-corrected chi connectivity index (χ4v) is 2.08. The first-order valence-corrected chi connectivity index (χ1v) is 6.54. The van der Waals surface area contributed by atoms with E-state index < -0.39 is 5.92 Å². The molecule has 0 aliphatic heterocycles. The summed E-state index contributed by atoms with van der Waals surface area (Å²) in [6, 6.07) is 1.82. The van der Waals surface area contributed by atoms with Crippen LogP contribution >= 0.6 is 11.8 Å². The van der Waals surface area contributed by atoms with Crippen molar-refractivity contribution in [3.63, 3.8) is 0 Å². The molecule has 2 rings (SSSR count). The number of hydrogen-bond acceptors (Lipinski definition) is 7. The summed E-state index contributed by atoms with van der Waals surface area (Å²) in [7, 11) is 0. The molecule has 1 fully saturated rings. The van der Waals surface area contributed by atoms with Crippen molar-refractivity contribution >= 4 is 23.3 Å². The van der Waals surface area contributed by atoms with Crippen LogP contribution in [0.2, 0.25) is 0 Å². The van der Waals surface area contributed by atoms with Crippen LogP contribution in [-0.2, 0) is 4.79 Å². The third kappa shape index (κ3) is 2.96. The molecular formula is C11H12N4O2S. The second-order valence-electron chi connectivity index (χ2n) is 4.18. The van der Waals surface area contributed by atoms with Crippen molar-refractivity contribution < 1.29 is 9.21 Å². The molecule has 1 saturated carbocycles. The highest BCUT2D eigenvalue weighted by molar-refractivity contribution is 7.99. The molecule has 0 amide bonds. The Bertz CT molecular complexity index is 515. The van der Waals surface area contributed by atoms with Crippen molar-refractivity contribution in [2.75, 3.05) is 5.75 Å². The van der Waals surface area contributed by atoms with E-state index in [1.165, 1.54) is 6.92 Å². The highest BCUT2D eigenvalue weighted by Crippen LogP contribution is 2.39. The largest absolute Gasteiger partial charge is 0.416 e. The van der Waals surface area contributed by atoms with E-state index in [4.69, 9.17) is 15.1 Å². The number of aromatic nitrogens is 2. The number of ketones is 1. The number of nitrogens with one attached hydrogen (secondary N) is 1. The molecule has 1 aromatic rings. The number of hydrogen-bond donors (Lipinski definition) is 1. The number of nitrogens with zero attached hydrogens (tertiary/aromatic N) is 3. The van der Waals surface area contributed by atoms with Gasteiger partial charge in [-0.15, -0.1) is 10.2 Å². The summed E-state index contributed by atoms with van der Waals surface area (Å²) in [4.78, 5) is 11.7. The summed E-state index contributed by atoms with van der Waals surface area (Å²) in [5, 5.41) is 24.2. The van der Waals surface area contributed by atoms with Crippen molar-refractivity contribution in [3.8, 4) is 6.07 Å². The summed E-state index contributed by atoms with van der Waals surface area (Å²) >= 11 is 1.12. The Morgan fingerprint density at radius 1 is 1.67 bits per heavy atom. The molecule has 6 nitrogen and oxygen atoms in total. The highest BCUT2D eigenvalue weighted by Gasteiger charge is 2.29. The van der Waals surface area contributed by atoms with Gasteiger partial charge in [-0.2, -0.15) is 5.26 Å². The average molecular weight is 264 g/mol. The number of thioether (sulfide) groups is 1. The van der Waals surface area contributed by atoms with Crippen molar-refractivity contribution in [1.82, 2.24) is 10.2 Å². The van der Waals surface area contributed by atoms with Gasteiger partial charge in [-0.25, -0.2) is 0 Å². The minimum atomic E-state index is -0.969. The fraction of sp³-hybridized carbons (Fsp3) is 0.545. The Morgan fingerprint density at radius 3 is 2.94 bits per heavy atom. The Labute approximate surface area is 108 Å². The zero-order valence-electron chi connectivity index (χ0n) is 9.84. The number of rotatable bonds is 6. The Morgan fingerprint density at radius 2 is 2.39 bits per heavy atom. The quantitative estimate of drug-likeness (QED) is 0.620. The monoisotopic (exact) mass is 264 g/mol. The van der Waals surface area contributed by atoms with Gasteiger partial charge in [-0.05, 0) is 19.8 Å². The molecule has 1 aliphatic carbocycles. The van der Waals surface area contributed by atoms with Crippen LogP contribution in [0.3, 0.4) is 0 Å². The van der Waals surface area contributed by atoms with E-state index in [0.29, 0.717) is 17.0 Å². The second kappa shape index (κ2) is 5.31. The van der Waals surface area contributed by atoms with Gasteiger partial charge in [0.05, 0.1) is 11.8 Å². The van der Waals surface area contributed by atoms with Crippen molar-refractivity contribution in [3.05, 3.63) is 5.89 Å². The molecule has 1 aliphatic rings. The van der Waals surface area contributed by atoms with Crippen molar-refractivity contribution in [2.45, 2.75) is 30.9 Å². The minimum Gasteiger partial charge on any atom is -0.416 e. The third-order valence-electron chi connectivity index (χ3n) is 2.57. The lowest BCUT2D eigenvalue weighted by Crippen LogP contribution is -2.21. The van der Waals surface area contributed by atoms with Gasteiger partial charge in [-0.3, -0.25) is 4.79 Å². The standard InChI is InChI=1S/C11H12N4O2S/c1-6(13)8(4-12)9(16)5-18-11-15-14-10(17-11)7-2-3-7/h7-8,13H,2-3,5H2,1H3. The van der Waals surface area contributed by atoms with Gasteiger partial charge < -0.3 is 9.83 Å². The van der Waals surface area contributed by atoms with Gasteiger partial charge in [0.25, 0.3) is 5.22 Å². The van der Waals surface area contributed by atoms with E-state index in [-0.39, 0.29) is 17.2 Å². The maximum Gasteiger partial charge on any atom is 0.277 e. The number of Topliss-reactive ketones (excluding diaryl/α,β-unsaturated/α-hetero) is 1. The van der Waals surface area contributed by atoms with Gasteiger partial charge in [-0.1, -0.05) is 11.8 Å². The summed E-state index contributed by atoms with van der Waals surface area (Å²) in [6.07, 6.45) is 2.16. The van der Waals surface area contributed by atoms with Crippen LogP contribution in [0.25, 0.3) is 0 Å². The zero-order chi connectivity index (χ0) is 13.1. The first-order chi connectivity index (χ1) is 8.61. The van der Waals surface area contributed by atoms with Gasteiger partial charge in [0, 0.05) is 11.6 Å². The maximum atomic E-state index is 11.7. The summed E-state index contributed by atoms with van der Waals surface area (Å²) in [6.45, 7) is 1.45. The predicted molar refractivity (Wildman–Crippen MR) is 64.5 cm³/mol. The zero-order valence-corrected chi connectivity index (χ0v) is 10.7. The van der Waals surface area contributed by atoms with Gasteiger partial charge in [0.15, 0.2) is 5.78 Å². The summed E-state index contributed by atoms with van der Waals surface area (Å²) < 4.78 is 5.38. The first kappa shape index (κ1) is 12.8. The van der Waals surface area contributed by atoms with Gasteiger partial charge >= 0.3 is 0 Å².